The van der Waals surface area contributed by atoms with Crippen LogP contribution in [0.15, 0.2) is 12.1 Å². The van der Waals surface area contributed by atoms with E-state index in [1.54, 1.807) is 12.1 Å². The summed E-state index contributed by atoms with van der Waals surface area (Å²) < 4.78 is 0.595. The van der Waals surface area contributed by atoms with E-state index in [-0.39, 0.29) is 5.91 Å². The molecule has 2 aromatic rings. The lowest BCUT2D eigenvalue weighted by molar-refractivity contribution is 0.103. The summed E-state index contributed by atoms with van der Waals surface area (Å²) in [5.74, 6) is 0.330. The van der Waals surface area contributed by atoms with E-state index in [0.29, 0.717) is 20.3 Å². The summed E-state index contributed by atoms with van der Waals surface area (Å²) in [6, 6.07) is 3.39. The van der Waals surface area contributed by atoms with Gasteiger partial charge < -0.3 is 0 Å². The standard InChI is InChI=1S/C11H12ClN3OS2/c1-6(2)5-9-14-15-11(18-9)13-10(16)7-3-4-8(12)17-7/h3-4,6H,5H2,1-2H3,(H,13,15,16). The van der Waals surface area contributed by atoms with Crippen LogP contribution in [0.5, 0.6) is 0 Å². The third-order valence-corrected chi connectivity index (χ3v) is 4.16. The van der Waals surface area contributed by atoms with Crippen LogP contribution in [0.4, 0.5) is 5.13 Å². The number of carbonyl (C=O) groups excluding carboxylic acids is 1. The molecule has 0 fully saturated rings. The van der Waals surface area contributed by atoms with Gasteiger partial charge in [-0.3, -0.25) is 10.1 Å². The van der Waals surface area contributed by atoms with E-state index in [4.69, 9.17) is 11.6 Å². The molecule has 4 nitrogen and oxygen atoms in total. The molecule has 0 aliphatic rings. The third kappa shape index (κ3) is 3.51. The van der Waals surface area contributed by atoms with Gasteiger partial charge in [0, 0.05) is 6.42 Å². The number of hydrogen-bond acceptors (Lipinski definition) is 5. The first kappa shape index (κ1) is 13.5. The van der Waals surface area contributed by atoms with Gasteiger partial charge >= 0.3 is 0 Å². The van der Waals surface area contributed by atoms with Crippen LogP contribution >= 0.6 is 34.3 Å². The molecule has 2 aromatic heterocycles. The van der Waals surface area contributed by atoms with Gasteiger partial charge in [0.15, 0.2) is 0 Å². The smallest absolute Gasteiger partial charge is 0.267 e. The summed E-state index contributed by atoms with van der Waals surface area (Å²) >= 11 is 8.43. The van der Waals surface area contributed by atoms with Crippen LogP contribution in [0.3, 0.4) is 0 Å². The minimum Gasteiger partial charge on any atom is -0.296 e. The Balaban J connectivity index is 2.01. The highest BCUT2D eigenvalue weighted by Crippen LogP contribution is 2.23. The predicted octanol–water partition coefficient (Wildman–Crippen LogP) is 3.70. The average Bonchev–Trinajstić information content (AvgIpc) is 2.87. The van der Waals surface area contributed by atoms with Gasteiger partial charge in [-0.15, -0.1) is 21.5 Å². The largest absolute Gasteiger partial charge is 0.296 e. The molecule has 1 amide bonds. The fourth-order valence-corrected chi connectivity index (χ4v) is 3.22. The minimum absolute atomic E-state index is 0.195. The number of rotatable bonds is 4. The van der Waals surface area contributed by atoms with Crippen molar-refractivity contribution in [3.05, 3.63) is 26.4 Å². The van der Waals surface area contributed by atoms with Crippen LogP contribution in [0.25, 0.3) is 0 Å². The highest BCUT2D eigenvalue weighted by atomic mass is 35.5. The third-order valence-electron chi connectivity index (χ3n) is 2.07. The van der Waals surface area contributed by atoms with E-state index in [1.807, 2.05) is 0 Å². The Kier molecular flexibility index (Phi) is 4.31. The molecule has 96 valence electrons. The van der Waals surface area contributed by atoms with E-state index >= 15 is 0 Å². The zero-order valence-electron chi connectivity index (χ0n) is 9.94. The number of hydrogen-bond donors (Lipinski definition) is 1. The van der Waals surface area contributed by atoms with Crippen LogP contribution in [0, 0.1) is 5.92 Å². The SMILES string of the molecule is CC(C)Cc1nnc(NC(=O)c2ccc(Cl)s2)s1. The van der Waals surface area contributed by atoms with Gasteiger partial charge in [-0.25, -0.2) is 0 Å². The predicted molar refractivity (Wildman–Crippen MR) is 75.7 cm³/mol. The molecule has 2 rings (SSSR count). The van der Waals surface area contributed by atoms with E-state index in [1.165, 1.54) is 22.7 Å². The quantitative estimate of drug-likeness (QED) is 0.936. The minimum atomic E-state index is -0.195. The van der Waals surface area contributed by atoms with Crippen molar-refractivity contribution >= 4 is 45.3 Å². The zero-order valence-corrected chi connectivity index (χ0v) is 12.3. The van der Waals surface area contributed by atoms with Crippen molar-refractivity contribution in [1.29, 1.82) is 0 Å². The molecule has 0 unspecified atom stereocenters. The van der Waals surface area contributed by atoms with E-state index in [9.17, 15) is 4.79 Å². The van der Waals surface area contributed by atoms with Gasteiger partial charge in [0.05, 0.1) is 9.21 Å². The number of nitrogens with one attached hydrogen (secondary N) is 1. The molecule has 0 radical (unpaired) electrons. The van der Waals surface area contributed by atoms with Crippen LogP contribution in [0.2, 0.25) is 4.34 Å². The van der Waals surface area contributed by atoms with Crippen molar-refractivity contribution in [3.8, 4) is 0 Å². The van der Waals surface area contributed by atoms with Crippen LogP contribution < -0.4 is 5.32 Å². The normalized spacial score (nSPS) is 10.9. The van der Waals surface area contributed by atoms with Crippen molar-refractivity contribution in [2.45, 2.75) is 20.3 Å². The Morgan fingerprint density at radius 2 is 2.17 bits per heavy atom. The molecule has 0 aliphatic heterocycles. The second kappa shape index (κ2) is 5.77. The Morgan fingerprint density at radius 3 is 2.78 bits per heavy atom. The summed E-state index contributed by atoms with van der Waals surface area (Å²) in [5.41, 5.74) is 0. The number of aromatic nitrogens is 2. The van der Waals surface area contributed by atoms with Crippen LogP contribution in [-0.2, 0) is 6.42 Å². The Labute approximate surface area is 118 Å². The van der Waals surface area contributed by atoms with Crippen LogP contribution in [-0.4, -0.2) is 16.1 Å². The van der Waals surface area contributed by atoms with Gasteiger partial charge in [0.1, 0.15) is 5.01 Å². The molecule has 7 heteroatoms. The first-order chi connectivity index (χ1) is 8.54. The van der Waals surface area contributed by atoms with Crippen molar-refractivity contribution in [2.24, 2.45) is 5.92 Å². The monoisotopic (exact) mass is 301 g/mol. The zero-order chi connectivity index (χ0) is 13.1. The van der Waals surface area contributed by atoms with Crippen molar-refractivity contribution in [2.75, 3.05) is 5.32 Å². The first-order valence-corrected chi connectivity index (χ1v) is 7.44. The highest BCUT2D eigenvalue weighted by molar-refractivity contribution is 7.18. The molecule has 0 aliphatic carbocycles. The van der Waals surface area contributed by atoms with Crippen molar-refractivity contribution in [1.82, 2.24) is 10.2 Å². The molecular weight excluding hydrogens is 290 g/mol. The molecule has 2 heterocycles. The second-order valence-electron chi connectivity index (χ2n) is 4.16. The maximum absolute atomic E-state index is 11.8. The number of thiophene rings is 1. The van der Waals surface area contributed by atoms with E-state index in [2.05, 4.69) is 29.4 Å². The number of anilines is 1. The van der Waals surface area contributed by atoms with Gasteiger partial charge in [-0.1, -0.05) is 36.8 Å². The molecule has 18 heavy (non-hydrogen) atoms. The number of amides is 1. The molecule has 0 spiro atoms. The van der Waals surface area contributed by atoms with Gasteiger partial charge in [0.25, 0.3) is 5.91 Å². The molecular formula is C11H12ClN3OS2. The fourth-order valence-electron chi connectivity index (χ4n) is 1.33. The summed E-state index contributed by atoms with van der Waals surface area (Å²) in [4.78, 5) is 12.4. The molecule has 0 atom stereocenters. The number of nitrogens with zero attached hydrogens (tertiary/aromatic N) is 2. The van der Waals surface area contributed by atoms with Gasteiger partial charge in [-0.2, -0.15) is 0 Å². The Hall–Kier alpha value is -0.980. The molecule has 0 saturated heterocycles. The summed E-state index contributed by atoms with van der Waals surface area (Å²) in [5, 5.41) is 12.2. The Bertz CT molecular complexity index is 550. The average molecular weight is 302 g/mol. The van der Waals surface area contributed by atoms with Crippen molar-refractivity contribution in [3.63, 3.8) is 0 Å². The molecule has 1 N–H and O–H groups in total. The fraction of sp³-hybridized carbons (Fsp3) is 0.364. The maximum Gasteiger partial charge on any atom is 0.267 e. The Morgan fingerprint density at radius 1 is 1.39 bits per heavy atom. The van der Waals surface area contributed by atoms with E-state index in [0.717, 1.165) is 11.4 Å². The first-order valence-electron chi connectivity index (χ1n) is 5.43. The highest BCUT2D eigenvalue weighted by Gasteiger charge is 2.12. The maximum atomic E-state index is 11.8. The lowest BCUT2D eigenvalue weighted by Gasteiger charge is -1.98. The van der Waals surface area contributed by atoms with Crippen LogP contribution in [0.1, 0.15) is 28.5 Å². The summed E-state index contributed by atoms with van der Waals surface area (Å²) in [6.45, 7) is 4.24. The summed E-state index contributed by atoms with van der Waals surface area (Å²) in [7, 11) is 0. The van der Waals surface area contributed by atoms with Gasteiger partial charge in [-0.05, 0) is 18.1 Å². The van der Waals surface area contributed by atoms with Crippen molar-refractivity contribution < 1.29 is 4.79 Å². The lowest BCUT2D eigenvalue weighted by atomic mass is 10.1. The number of halogens is 1. The van der Waals surface area contributed by atoms with E-state index < -0.39 is 0 Å². The second-order valence-corrected chi connectivity index (χ2v) is 6.93. The molecule has 0 aromatic carbocycles. The molecule has 0 bridgehead atoms. The van der Waals surface area contributed by atoms with Gasteiger partial charge in [0.2, 0.25) is 5.13 Å². The summed E-state index contributed by atoms with van der Waals surface area (Å²) in [6.07, 6.45) is 0.873. The molecule has 0 saturated carbocycles. The topological polar surface area (TPSA) is 54.9 Å². The number of carbonyl (C=O) groups is 1. The lowest BCUT2D eigenvalue weighted by Crippen LogP contribution is -2.09.